The monoisotopic (exact) mass is 263 g/mol. The van der Waals surface area contributed by atoms with Gasteiger partial charge in [-0.1, -0.05) is 42.5 Å². The first-order valence-electron chi connectivity index (χ1n) is 6.82. The van der Waals surface area contributed by atoms with Crippen LogP contribution in [0.2, 0.25) is 0 Å². The number of benzene rings is 2. The van der Waals surface area contributed by atoms with Crippen LogP contribution in [0.3, 0.4) is 0 Å². The zero-order chi connectivity index (χ0) is 13.8. The van der Waals surface area contributed by atoms with E-state index in [0.29, 0.717) is 0 Å². The molecule has 0 saturated heterocycles. The maximum Gasteiger partial charge on any atom is 0.132 e. The van der Waals surface area contributed by atoms with Gasteiger partial charge in [-0.3, -0.25) is 0 Å². The SMILES string of the molecule is CCNc1cccc(Nc2cccc3ccccc23)n1. The molecule has 3 aromatic rings. The van der Waals surface area contributed by atoms with E-state index in [1.54, 1.807) is 0 Å². The fourth-order valence-corrected chi connectivity index (χ4v) is 2.26. The molecule has 0 spiro atoms. The van der Waals surface area contributed by atoms with Gasteiger partial charge in [0.2, 0.25) is 0 Å². The Morgan fingerprint density at radius 2 is 1.60 bits per heavy atom. The van der Waals surface area contributed by atoms with Crippen LogP contribution in [0.1, 0.15) is 6.92 Å². The van der Waals surface area contributed by atoms with Crippen LogP contribution >= 0.6 is 0 Å². The molecule has 3 nitrogen and oxygen atoms in total. The van der Waals surface area contributed by atoms with E-state index in [1.165, 1.54) is 10.8 Å². The molecule has 1 heterocycles. The molecule has 2 N–H and O–H groups in total. The Labute approximate surface area is 118 Å². The third-order valence-corrected chi connectivity index (χ3v) is 3.16. The Morgan fingerprint density at radius 1 is 0.850 bits per heavy atom. The van der Waals surface area contributed by atoms with Crippen molar-refractivity contribution in [3.63, 3.8) is 0 Å². The number of anilines is 3. The van der Waals surface area contributed by atoms with Crippen LogP contribution in [0.15, 0.2) is 60.7 Å². The molecule has 2 aromatic carbocycles. The molecule has 0 aliphatic rings. The van der Waals surface area contributed by atoms with E-state index >= 15 is 0 Å². The standard InChI is InChI=1S/C17H17N3/c1-2-18-16-11-6-12-17(20-16)19-15-10-5-8-13-7-3-4-9-14(13)15/h3-12H,2H2,1H3,(H2,18,19,20). The predicted molar refractivity (Wildman–Crippen MR) is 85.6 cm³/mol. The lowest BCUT2D eigenvalue weighted by Gasteiger charge is -2.10. The molecule has 0 saturated carbocycles. The normalized spacial score (nSPS) is 10.4. The first kappa shape index (κ1) is 12.5. The summed E-state index contributed by atoms with van der Waals surface area (Å²) in [5.41, 5.74) is 1.07. The first-order chi connectivity index (χ1) is 9.86. The second kappa shape index (κ2) is 5.61. The molecular formula is C17H17N3. The van der Waals surface area contributed by atoms with Gasteiger partial charge >= 0.3 is 0 Å². The van der Waals surface area contributed by atoms with Crippen molar-refractivity contribution in [3.05, 3.63) is 60.7 Å². The second-order valence-corrected chi connectivity index (χ2v) is 4.59. The number of aromatic nitrogens is 1. The minimum absolute atomic E-state index is 0.847. The van der Waals surface area contributed by atoms with Crippen LogP contribution in [-0.4, -0.2) is 11.5 Å². The van der Waals surface area contributed by atoms with Crippen LogP contribution in [0.4, 0.5) is 17.3 Å². The van der Waals surface area contributed by atoms with Crippen LogP contribution in [0, 0.1) is 0 Å². The van der Waals surface area contributed by atoms with Gasteiger partial charge in [-0.25, -0.2) is 4.98 Å². The van der Waals surface area contributed by atoms with E-state index < -0.39 is 0 Å². The van der Waals surface area contributed by atoms with Crippen molar-refractivity contribution in [2.75, 3.05) is 17.2 Å². The Kier molecular flexibility index (Phi) is 3.50. The Balaban J connectivity index is 1.95. The van der Waals surface area contributed by atoms with E-state index in [0.717, 1.165) is 23.9 Å². The molecule has 0 unspecified atom stereocenters. The zero-order valence-electron chi connectivity index (χ0n) is 11.4. The Morgan fingerprint density at radius 3 is 2.50 bits per heavy atom. The van der Waals surface area contributed by atoms with Crippen LogP contribution in [-0.2, 0) is 0 Å². The summed E-state index contributed by atoms with van der Waals surface area (Å²) in [5, 5.41) is 9.04. The first-order valence-corrected chi connectivity index (χ1v) is 6.82. The fourth-order valence-electron chi connectivity index (χ4n) is 2.26. The molecule has 3 heteroatoms. The van der Waals surface area contributed by atoms with Gasteiger partial charge in [0.15, 0.2) is 0 Å². The topological polar surface area (TPSA) is 37.0 Å². The van der Waals surface area contributed by atoms with Crippen LogP contribution < -0.4 is 10.6 Å². The molecule has 0 bridgehead atoms. The fraction of sp³-hybridized carbons (Fsp3) is 0.118. The zero-order valence-corrected chi connectivity index (χ0v) is 11.4. The quantitative estimate of drug-likeness (QED) is 0.732. The number of fused-ring (bicyclic) bond motifs is 1. The van der Waals surface area contributed by atoms with Gasteiger partial charge in [-0.2, -0.15) is 0 Å². The highest BCUT2D eigenvalue weighted by Crippen LogP contribution is 2.25. The maximum absolute atomic E-state index is 4.54. The second-order valence-electron chi connectivity index (χ2n) is 4.59. The van der Waals surface area contributed by atoms with E-state index in [9.17, 15) is 0 Å². The van der Waals surface area contributed by atoms with Crippen molar-refractivity contribution in [2.45, 2.75) is 6.92 Å². The van der Waals surface area contributed by atoms with Crippen molar-refractivity contribution in [1.82, 2.24) is 4.98 Å². The number of pyridine rings is 1. The van der Waals surface area contributed by atoms with Gasteiger partial charge in [0, 0.05) is 17.6 Å². The maximum atomic E-state index is 4.54. The smallest absolute Gasteiger partial charge is 0.132 e. The van der Waals surface area contributed by atoms with Gasteiger partial charge in [-0.05, 0) is 30.5 Å². The average molecular weight is 263 g/mol. The van der Waals surface area contributed by atoms with Crippen LogP contribution in [0.25, 0.3) is 10.8 Å². The van der Waals surface area contributed by atoms with Gasteiger partial charge < -0.3 is 10.6 Å². The molecular weight excluding hydrogens is 246 g/mol. The van der Waals surface area contributed by atoms with Gasteiger partial charge in [-0.15, -0.1) is 0 Å². The number of nitrogens with zero attached hydrogens (tertiary/aromatic N) is 1. The number of rotatable bonds is 4. The molecule has 0 aliphatic carbocycles. The number of hydrogen-bond donors (Lipinski definition) is 2. The van der Waals surface area contributed by atoms with Gasteiger partial charge in [0.1, 0.15) is 11.6 Å². The third kappa shape index (κ3) is 2.57. The van der Waals surface area contributed by atoms with Crippen molar-refractivity contribution in [1.29, 1.82) is 0 Å². The number of hydrogen-bond acceptors (Lipinski definition) is 3. The summed E-state index contributed by atoms with van der Waals surface area (Å²) in [6.45, 7) is 2.93. The summed E-state index contributed by atoms with van der Waals surface area (Å²) in [5.74, 6) is 1.73. The third-order valence-electron chi connectivity index (χ3n) is 3.16. The predicted octanol–water partition coefficient (Wildman–Crippen LogP) is 4.41. The molecule has 20 heavy (non-hydrogen) atoms. The molecule has 0 aliphatic heterocycles. The molecule has 0 amide bonds. The van der Waals surface area contributed by atoms with Crippen molar-refractivity contribution in [3.8, 4) is 0 Å². The largest absolute Gasteiger partial charge is 0.370 e. The highest BCUT2D eigenvalue weighted by Gasteiger charge is 2.02. The van der Waals surface area contributed by atoms with E-state index in [2.05, 4.69) is 65.0 Å². The van der Waals surface area contributed by atoms with Crippen molar-refractivity contribution < 1.29 is 0 Å². The molecule has 1 aromatic heterocycles. The lowest BCUT2D eigenvalue weighted by atomic mass is 10.1. The molecule has 3 rings (SSSR count). The molecule has 0 fully saturated rings. The summed E-state index contributed by atoms with van der Waals surface area (Å²) in [6.07, 6.45) is 0. The average Bonchev–Trinajstić information content (AvgIpc) is 2.48. The van der Waals surface area contributed by atoms with E-state index in [-0.39, 0.29) is 0 Å². The molecule has 0 radical (unpaired) electrons. The molecule has 0 atom stereocenters. The highest BCUT2D eigenvalue weighted by molar-refractivity contribution is 5.95. The minimum Gasteiger partial charge on any atom is -0.370 e. The molecule has 100 valence electrons. The summed E-state index contributed by atoms with van der Waals surface area (Å²) in [6, 6.07) is 20.5. The Bertz CT molecular complexity index is 717. The summed E-state index contributed by atoms with van der Waals surface area (Å²) in [7, 11) is 0. The highest BCUT2D eigenvalue weighted by atomic mass is 15.1. The lowest BCUT2D eigenvalue weighted by molar-refractivity contribution is 1.16. The van der Waals surface area contributed by atoms with Crippen molar-refractivity contribution >= 4 is 28.1 Å². The number of nitrogens with one attached hydrogen (secondary N) is 2. The van der Waals surface area contributed by atoms with Crippen LogP contribution in [0.5, 0.6) is 0 Å². The van der Waals surface area contributed by atoms with Crippen molar-refractivity contribution in [2.24, 2.45) is 0 Å². The minimum atomic E-state index is 0.847. The summed E-state index contributed by atoms with van der Waals surface area (Å²) < 4.78 is 0. The van der Waals surface area contributed by atoms with E-state index in [1.807, 2.05) is 18.2 Å². The van der Waals surface area contributed by atoms with Gasteiger partial charge in [0.05, 0.1) is 0 Å². The summed E-state index contributed by atoms with van der Waals surface area (Å²) >= 11 is 0. The lowest BCUT2D eigenvalue weighted by Crippen LogP contribution is -2.01. The Hall–Kier alpha value is -2.55. The summed E-state index contributed by atoms with van der Waals surface area (Å²) in [4.78, 5) is 4.54. The van der Waals surface area contributed by atoms with E-state index in [4.69, 9.17) is 0 Å². The van der Waals surface area contributed by atoms with Gasteiger partial charge in [0.25, 0.3) is 0 Å².